The molecule has 0 fully saturated rings. The summed E-state index contributed by atoms with van der Waals surface area (Å²) in [6.45, 7) is 2.53. The lowest BCUT2D eigenvalue weighted by Crippen LogP contribution is -1.97. The van der Waals surface area contributed by atoms with Gasteiger partial charge in [-0.1, -0.05) is 12.1 Å². The van der Waals surface area contributed by atoms with Crippen LogP contribution in [0, 0.1) is 0 Å². The fraction of sp³-hybridized carbons (Fsp3) is 0.118. The average molecular weight is 328 g/mol. The van der Waals surface area contributed by atoms with E-state index >= 15 is 0 Å². The molecule has 0 aliphatic rings. The third kappa shape index (κ3) is 3.37. The molecule has 23 heavy (non-hydrogen) atoms. The van der Waals surface area contributed by atoms with E-state index in [1.54, 1.807) is 6.07 Å². The van der Waals surface area contributed by atoms with Crippen LogP contribution in [0.3, 0.4) is 0 Å². The molecule has 2 aromatic carbocycles. The van der Waals surface area contributed by atoms with Gasteiger partial charge in [0.1, 0.15) is 5.75 Å². The van der Waals surface area contributed by atoms with Crippen LogP contribution in [0.15, 0.2) is 47.8 Å². The van der Waals surface area contributed by atoms with E-state index in [0.717, 1.165) is 27.8 Å². The van der Waals surface area contributed by atoms with Crippen LogP contribution >= 0.6 is 11.3 Å². The minimum atomic E-state index is -0.160. The highest BCUT2D eigenvalue weighted by Gasteiger charge is 2.09. The van der Waals surface area contributed by atoms with E-state index in [-0.39, 0.29) is 11.5 Å². The first-order chi connectivity index (χ1) is 11.2. The number of nitrogens with zero attached hydrogens (tertiary/aromatic N) is 1. The molecular weight excluding hydrogens is 312 g/mol. The van der Waals surface area contributed by atoms with Gasteiger partial charge in [0.15, 0.2) is 16.6 Å². The van der Waals surface area contributed by atoms with Crippen molar-refractivity contribution >= 4 is 22.2 Å². The first-order valence-electron chi connectivity index (χ1n) is 7.14. The Morgan fingerprint density at radius 2 is 1.96 bits per heavy atom. The predicted molar refractivity (Wildman–Crippen MR) is 91.8 cm³/mol. The van der Waals surface area contributed by atoms with Gasteiger partial charge in [0.05, 0.1) is 18.0 Å². The monoisotopic (exact) mass is 328 g/mol. The Morgan fingerprint density at radius 1 is 1.13 bits per heavy atom. The van der Waals surface area contributed by atoms with Gasteiger partial charge in [-0.3, -0.25) is 0 Å². The first-order valence-corrected chi connectivity index (χ1v) is 8.02. The number of para-hydroxylation sites is 2. The minimum Gasteiger partial charge on any atom is -0.504 e. The summed E-state index contributed by atoms with van der Waals surface area (Å²) in [5.74, 6) is 0.466. The molecule has 1 heterocycles. The normalized spacial score (nSPS) is 10.5. The Balaban J connectivity index is 1.84. The van der Waals surface area contributed by atoms with Crippen molar-refractivity contribution in [3.8, 4) is 28.5 Å². The lowest BCUT2D eigenvalue weighted by Gasteiger charge is -2.09. The van der Waals surface area contributed by atoms with E-state index < -0.39 is 0 Å². The number of thiazole rings is 1. The Kier molecular flexibility index (Phi) is 4.34. The predicted octanol–water partition coefficient (Wildman–Crippen LogP) is 4.36. The fourth-order valence-corrected chi connectivity index (χ4v) is 2.84. The minimum absolute atomic E-state index is 0.145. The zero-order chi connectivity index (χ0) is 16.2. The number of hydrogen-bond donors (Lipinski definition) is 3. The van der Waals surface area contributed by atoms with Crippen LogP contribution in [-0.2, 0) is 0 Å². The van der Waals surface area contributed by atoms with Crippen molar-refractivity contribution in [3.05, 3.63) is 47.8 Å². The molecule has 0 radical (unpaired) electrons. The third-order valence-corrected chi connectivity index (χ3v) is 3.96. The highest BCUT2D eigenvalue weighted by atomic mass is 32.1. The highest BCUT2D eigenvalue weighted by Crippen LogP contribution is 2.34. The SMILES string of the molecule is CCOc1ccccc1Nc1nc(-c2ccc(O)c(O)c2)cs1. The van der Waals surface area contributed by atoms with Gasteiger partial charge < -0.3 is 20.3 Å². The van der Waals surface area contributed by atoms with E-state index in [4.69, 9.17) is 4.74 Å². The Labute approximate surface area is 137 Å². The number of nitrogens with one attached hydrogen (secondary N) is 1. The second-order valence-electron chi connectivity index (χ2n) is 4.80. The standard InChI is InChI=1S/C17H16N2O3S/c1-2-22-16-6-4-3-5-12(16)18-17-19-13(10-23-17)11-7-8-14(20)15(21)9-11/h3-10,20-21H,2H2,1H3,(H,18,19). The number of ether oxygens (including phenoxy) is 1. The number of benzene rings is 2. The topological polar surface area (TPSA) is 74.6 Å². The molecule has 6 heteroatoms. The molecule has 0 amide bonds. The maximum absolute atomic E-state index is 9.59. The molecule has 0 aliphatic heterocycles. The zero-order valence-corrected chi connectivity index (χ0v) is 13.3. The molecule has 0 spiro atoms. The van der Waals surface area contributed by atoms with Crippen molar-refractivity contribution in [3.63, 3.8) is 0 Å². The number of anilines is 2. The van der Waals surface area contributed by atoms with Crippen LogP contribution in [0.1, 0.15) is 6.92 Å². The number of rotatable bonds is 5. The quantitative estimate of drug-likeness (QED) is 0.607. The van der Waals surface area contributed by atoms with Gasteiger partial charge in [-0.2, -0.15) is 0 Å². The van der Waals surface area contributed by atoms with Crippen molar-refractivity contribution in [2.24, 2.45) is 0 Å². The summed E-state index contributed by atoms with van der Waals surface area (Å²) < 4.78 is 5.58. The second-order valence-corrected chi connectivity index (χ2v) is 5.65. The molecule has 5 nitrogen and oxygen atoms in total. The second kappa shape index (κ2) is 6.58. The molecule has 0 saturated carbocycles. The van der Waals surface area contributed by atoms with E-state index in [0.29, 0.717) is 6.61 Å². The average Bonchev–Trinajstić information content (AvgIpc) is 3.01. The molecule has 118 valence electrons. The van der Waals surface area contributed by atoms with Crippen LogP contribution < -0.4 is 10.1 Å². The lowest BCUT2D eigenvalue weighted by atomic mass is 10.1. The van der Waals surface area contributed by atoms with Crippen molar-refractivity contribution in [1.29, 1.82) is 0 Å². The van der Waals surface area contributed by atoms with Crippen LogP contribution in [0.4, 0.5) is 10.8 Å². The maximum atomic E-state index is 9.59. The fourth-order valence-electron chi connectivity index (χ4n) is 2.11. The van der Waals surface area contributed by atoms with Gasteiger partial charge in [0, 0.05) is 10.9 Å². The number of hydrogen-bond acceptors (Lipinski definition) is 6. The van der Waals surface area contributed by atoms with Crippen molar-refractivity contribution in [1.82, 2.24) is 4.98 Å². The molecule has 3 rings (SSSR count). The van der Waals surface area contributed by atoms with Crippen LogP contribution in [0.25, 0.3) is 11.3 Å². The van der Waals surface area contributed by atoms with Gasteiger partial charge in [-0.05, 0) is 37.3 Å². The summed E-state index contributed by atoms with van der Waals surface area (Å²) in [6.07, 6.45) is 0. The Morgan fingerprint density at radius 3 is 2.74 bits per heavy atom. The maximum Gasteiger partial charge on any atom is 0.187 e. The van der Waals surface area contributed by atoms with Crippen molar-refractivity contribution < 1.29 is 14.9 Å². The van der Waals surface area contributed by atoms with Gasteiger partial charge >= 0.3 is 0 Å². The van der Waals surface area contributed by atoms with Gasteiger partial charge in [0.25, 0.3) is 0 Å². The summed E-state index contributed by atoms with van der Waals surface area (Å²) in [7, 11) is 0. The molecule has 0 aliphatic carbocycles. The van der Waals surface area contributed by atoms with E-state index in [1.165, 1.54) is 23.5 Å². The van der Waals surface area contributed by atoms with Gasteiger partial charge in [0.2, 0.25) is 0 Å². The van der Waals surface area contributed by atoms with Gasteiger partial charge in [-0.25, -0.2) is 4.98 Å². The van der Waals surface area contributed by atoms with Crippen molar-refractivity contribution in [2.45, 2.75) is 6.92 Å². The molecule has 0 bridgehead atoms. The van der Waals surface area contributed by atoms with E-state index in [2.05, 4.69) is 10.3 Å². The Hall–Kier alpha value is -2.73. The Bertz CT molecular complexity index is 817. The first kappa shape index (κ1) is 15.2. The number of phenols is 2. The highest BCUT2D eigenvalue weighted by molar-refractivity contribution is 7.14. The summed E-state index contributed by atoms with van der Waals surface area (Å²) in [5, 5.41) is 24.8. The van der Waals surface area contributed by atoms with Crippen molar-refractivity contribution in [2.75, 3.05) is 11.9 Å². The lowest BCUT2D eigenvalue weighted by molar-refractivity contribution is 0.342. The summed E-state index contributed by atoms with van der Waals surface area (Å²) in [6, 6.07) is 12.3. The van der Waals surface area contributed by atoms with Crippen LogP contribution in [0.2, 0.25) is 0 Å². The molecule has 3 N–H and O–H groups in total. The van der Waals surface area contributed by atoms with E-state index in [9.17, 15) is 10.2 Å². The number of aromatic nitrogens is 1. The van der Waals surface area contributed by atoms with E-state index in [1.807, 2.05) is 36.6 Å². The molecule has 3 aromatic rings. The summed E-state index contributed by atoms with van der Waals surface area (Å²) >= 11 is 1.45. The smallest absolute Gasteiger partial charge is 0.187 e. The third-order valence-electron chi connectivity index (χ3n) is 3.20. The summed E-state index contributed by atoms with van der Waals surface area (Å²) in [4.78, 5) is 4.51. The number of aromatic hydroxyl groups is 2. The molecule has 0 saturated heterocycles. The molecule has 0 unspecified atom stereocenters. The zero-order valence-electron chi connectivity index (χ0n) is 12.5. The van der Waals surface area contributed by atoms with Crippen LogP contribution in [-0.4, -0.2) is 21.8 Å². The largest absolute Gasteiger partial charge is 0.504 e. The summed E-state index contributed by atoms with van der Waals surface area (Å²) in [5.41, 5.74) is 2.31. The molecular formula is C17H16N2O3S. The van der Waals surface area contributed by atoms with Gasteiger partial charge in [-0.15, -0.1) is 11.3 Å². The molecule has 0 atom stereocenters. The van der Waals surface area contributed by atoms with Crippen LogP contribution in [0.5, 0.6) is 17.2 Å². The number of phenolic OH excluding ortho intramolecular Hbond substituents is 2. The molecule has 1 aromatic heterocycles.